The molecule has 4 atom stereocenters. The van der Waals surface area contributed by atoms with Crippen molar-refractivity contribution in [1.29, 1.82) is 0 Å². The molecule has 1 amide bonds. The second kappa shape index (κ2) is 5.80. The summed E-state index contributed by atoms with van der Waals surface area (Å²) in [6.45, 7) is 2.13. The van der Waals surface area contributed by atoms with Gasteiger partial charge in [0.05, 0.1) is 11.9 Å². The van der Waals surface area contributed by atoms with Crippen LogP contribution in [-0.2, 0) is 0 Å². The molecule has 2 aliphatic carbocycles. The third kappa shape index (κ3) is 2.76. The van der Waals surface area contributed by atoms with Crippen molar-refractivity contribution in [2.45, 2.75) is 38.6 Å². The highest BCUT2D eigenvalue weighted by Gasteiger charge is 2.42. The molecule has 0 saturated heterocycles. The Labute approximate surface area is 136 Å². The van der Waals surface area contributed by atoms with Gasteiger partial charge in [0, 0.05) is 6.04 Å². The Hall–Kier alpha value is -2.17. The van der Waals surface area contributed by atoms with Crippen molar-refractivity contribution in [2.75, 3.05) is 0 Å². The minimum absolute atomic E-state index is 0.123. The molecular formula is C18H22N4O. The molecular weight excluding hydrogens is 288 g/mol. The van der Waals surface area contributed by atoms with Crippen molar-refractivity contribution in [1.82, 2.24) is 20.3 Å². The highest BCUT2D eigenvalue weighted by Crippen LogP contribution is 2.49. The van der Waals surface area contributed by atoms with E-state index in [-0.39, 0.29) is 11.9 Å². The second-order valence-electron chi connectivity index (χ2n) is 6.98. The molecule has 0 radical (unpaired) electrons. The molecule has 0 aliphatic heterocycles. The molecule has 23 heavy (non-hydrogen) atoms. The summed E-state index contributed by atoms with van der Waals surface area (Å²) in [6.07, 6.45) is 7.03. The van der Waals surface area contributed by atoms with Crippen LogP contribution in [0.5, 0.6) is 0 Å². The van der Waals surface area contributed by atoms with Gasteiger partial charge < -0.3 is 5.32 Å². The van der Waals surface area contributed by atoms with Crippen LogP contribution in [0.3, 0.4) is 0 Å². The maximum atomic E-state index is 12.4. The van der Waals surface area contributed by atoms with E-state index in [2.05, 4.69) is 22.6 Å². The van der Waals surface area contributed by atoms with Crippen LogP contribution in [0.15, 0.2) is 36.5 Å². The molecule has 5 heteroatoms. The van der Waals surface area contributed by atoms with Crippen LogP contribution in [0, 0.1) is 17.8 Å². The van der Waals surface area contributed by atoms with Crippen molar-refractivity contribution in [3.63, 3.8) is 0 Å². The monoisotopic (exact) mass is 310 g/mol. The highest BCUT2D eigenvalue weighted by molar-refractivity contribution is 5.92. The number of rotatable bonds is 4. The van der Waals surface area contributed by atoms with Crippen LogP contribution in [0.1, 0.15) is 43.1 Å². The van der Waals surface area contributed by atoms with Crippen LogP contribution in [0.2, 0.25) is 0 Å². The van der Waals surface area contributed by atoms with Crippen LogP contribution in [0.4, 0.5) is 0 Å². The fraction of sp³-hybridized carbons (Fsp3) is 0.500. The first-order valence-electron chi connectivity index (χ1n) is 8.49. The van der Waals surface area contributed by atoms with E-state index in [9.17, 15) is 4.79 Å². The van der Waals surface area contributed by atoms with Gasteiger partial charge in [-0.2, -0.15) is 0 Å². The van der Waals surface area contributed by atoms with E-state index < -0.39 is 0 Å². The predicted octanol–water partition coefficient (Wildman–Crippen LogP) is 2.82. The first-order chi connectivity index (χ1) is 11.2. The van der Waals surface area contributed by atoms with Gasteiger partial charge in [-0.3, -0.25) is 4.79 Å². The largest absolute Gasteiger partial charge is 0.348 e. The molecule has 2 bridgehead atoms. The molecule has 0 spiro atoms. The molecule has 2 saturated carbocycles. The minimum atomic E-state index is -0.123. The van der Waals surface area contributed by atoms with Gasteiger partial charge in [0.15, 0.2) is 5.69 Å². The smallest absolute Gasteiger partial charge is 0.273 e. The second-order valence-corrected chi connectivity index (χ2v) is 6.98. The summed E-state index contributed by atoms with van der Waals surface area (Å²) in [7, 11) is 0. The van der Waals surface area contributed by atoms with Gasteiger partial charge in [-0.15, -0.1) is 5.10 Å². The van der Waals surface area contributed by atoms with Crippen molar-refractivity contribution >= 4 is 5.91 Å². The van der Waals surface area contributed by atoms with Crippen LogP contribution in [0.25, 0.3) is 5.69 Å². The van der Waals surface area contributed by atoms with Crippen LogP contribution < -0.4 is 5.32 Å². The molecule has 2 aliphatic rings. The summed E-state index contributed by atoms with van der Waals surface area (Å²) in [6, 6.07) is 9.91. The number of nitrogens with one attached hydrogen (secondary N) is 1. The molecule has 2 fully saturated rings. The van der Waals surface area contributed by atoms with E-state index in [0.29, 0.717) is 11.6 Å². The highest BCUT2D eigenvalue weighted by atomic mass is 16.2. The number of hydrogen-bond acceptors (Lipinski definition) is 3. The average molecular weight is 310 g/mol. The van der Waals surface area contributed by atoms with E-state index in [0.717, 1.165) is 17.5 Å². The third-order valence-electron chi connectivity index (χ3n) is 5.54. The fourth-order valence-electron chi connectivity index (χ4n) is 4.37. The molecule has 2 aromatic rings. The first kappa shape index (κ1) is 14.4. The van der Waals surface area contributed by atoms with Crippen molar-refractivity contribution in [2.24, 2.45) is 17.8 Å². The molecule has 4 unspecified atom stereocenters. The van der Waals surface area contributed by atoms with E-state index in [1.165, 1.54) is 25.7 Å². The predicted molar refractivity (Wildman–Crippen MR) is 87.2 cm³/mol. The van der Waals surface area contributed by atoms with Crippen molar-refractivity contribution < 1.29 is 4.79 Å². The van der Waals surface area contributed by atoms with Crippen molar-refractivity contribution in [3.05, 3.63) is 42.2 Å². The summed E-state index contributed by atoms with van der Waals surface area (Å²) in [5, 5.41) is 11.2. The van der Waals surface area contributed by atoms with Gasteiger partial charge in [0.1, 0.15) is 0 Å². The quantitative estimate of drug-likeness (QED) is 0.944. The lowest BCUT2D eigenvalue weighted by molar-refractivity contribution is 0.0910. The zero-order valence-corrected chi connectivity index (χ0v) is 13.4. The number of nitrogens with zero attached hydrogens (tertiary/aromatic N) is 3. The van der Waals surface area contributed by atoms with Gasteiger partial charge in [-0.05, 0) is 56.1 Å². The Morgan fingerprint density at radius 1 is 1.26 bits per heavy atom. The Morgan fingerprint density at radius 2 is 2.09 bits per heavy atom. The normalized spacial score (nSPS) is 27.1. The van der Waals surface area contributed by atoms with E-state index >= 15 is 0 Å². The Kier molecular flexibility index (Phi) is 3.63. The van der Waals surface area contributed by atoms with E-state index in [1.54, 1.807) is 10.9 Å². The molecule has 4 rings (SSSR count). The van der Waals surface area contributed by atoms with E-state index in [1.807, 2.05) is 30.3 Å². The first-order valence-corrected chi connectivity index (χ1v) is 8.49. The maximum absolute atomic E-state index is 12.4. The summed E-state index contributed by atoms with van der Waals surface area (Å²) in [5.41, 5.74) is 1.28. The third-order valence-corrected chi connectivity index (χ3v) is 5.54. The maximum Gasteiger partial charge on any atom is 0.273 e. The van der Waals surface area contributed by atoms with Crippen LogP contribution >= 0.6 is 0 Å². The SMILES string of the molecule is CC(NC(=O)c1cn(-c2ccccc2)nn1)C1CC2CCC1C2. The van der Waals surface area contributed by atoms with Gasteiger partial charge in [0.25, 0.3) is 5.91 Å². The Morgan fingerprint density at radius 3 is 2.78 bits per heavy atom. The number of carbonyl (C=O) groups excluding carboxylic acids is 1. The number of hydrogen-bond donors (Lipinski definition) is 1. The number of para-hydroxylation sites is 1. The molecule has 120 valence electrons. The summed E-state index contributed by atoms with van der Waals surface area (Å²) in [5.74, 6) is 2.20. The Balaban J connectivity index is 1.42. The number of benzene rings is 1. The standard InChI is InChI=1S/C18H22N4O/c1-12(16-10-13-7-8-14(16)9-13)19-18(23)17-11-22(21-20-17)15-5-3-2-4-6-15/h2-6,11-14,16H,7-10H2,1H3,(H,19,23). The van der Waals surface area contributed by atoms with Gasteiger partial charge >= 0.3 is 0 Å². The number of fused-ring (bicyclic) bond motifs is 2. The number of aromatic nitrogens is 3. The zero-order chi connectivity index (χ0) is 15.8. The van der Waals surface area contributed by atoms with Crippen molar-refractivity contribution in [3.8, 4) is 5.69 Å². The summed E-state index contributed by atoms with van der Waals surface area (Å²) >= 11 is 0. The summed E-state index contributed by atoms with van der Waals surface area (Å²) < 4.78 is 1.64. The lowest BCUT2D eigenvalue weighted by Crippen LogP contribution is -2.40. The van der Waals surface area contributed by atoms with Gasteiger partial charge in [-0.25, -0.2) is 4.68 Å². The Bertz CT molecular complexity index is 696. The fourth-order valence-corrected chi connectivity index (χ4v) is 4.37. The lowest BCUT2D eigenvalue weighted by Gasteiger charge is -2.28. The molecule has 1 aromatic carbocycles. The molecule has 1 heterocycles. The summed E-state index contributed by atoms with van der Waals surface area (Å²) in [4.78, 5) is 12.4. The molecule has 1 aromatic heterocycles. The van der Waals surface area contributed by atoms with Gasteiger partial charge in [-0.1, -0.05) is 29.8 Å². The lowest BCUT2D eigenvalue weighted by atomic mass is 9.84. The topological polar surface area (TPSA) is 59.8 Å². The molecule has 1 N–H and O–H groups in total. The number of carbonyl (C=O) groups is 1. The minimum Gasteiger partial charge on any atom is -0.348 e. The molecule has 5 nitrogen and oxygen atoms in total. The van der Waals surface area contributed by atoms with Gasteiger partial charge in [0.2, 0.25) is 0 Å². The zero-order valence-electron chi connectivity index (χ0n) is 13.4. The van der Waals surface area contributed by atoms with Crippen LogP contribution in [-0.4, -0.2) is 26.9 Å². The number of amides is 1. The average Bonchev–Trinajstić information content (AvgIpc) is 3.31. The van der Waals surface area contributed by atoms with E-state index in [4.69, 9.17) is 0 Å².